The number of hydrogen-bond acceptors (Lipinski definition) is 2. The second-order valence-corrected chi connectivity index (χ2v) is 15.3. The summed E-state index contributed by atoms with van der Waals surface area (Å²) in [4.78, 5) is 2.41. The van der Waals surface area contributed by atoms with Crippen molar-refractivity contribution in [1.82, 2.24) is 0 Å². The van der Waals surface area contributed by atoms with Crippen molar-refractivity contribution in [2.75, 3.05) is 4.90 Å². The summed E-state index contributed by atoms with van der Waals surface area (Å²) in [6.45, 7) is 4.68. The van der Waals surface area contributed by atoms with Gasteiger partial charge in [0, 0.05) is 38.8 Å². The molecule has 0 saturated carbocycles. The Morgan fingerprint density at radius 3 is 1.93 bits per heavy atom. The van der Waals surface area contributed by atoms with E-state index in [9.17, 15) is 0 Å². The van der Waals surface area contributed by atoms with Crippen LogP contribution in [-0.4, -0.2) is 0 Å². The average Bonchev–Trinajstić information content (AvgIpc) is 3.73. The Morgan fingerprint density at radius 1 is 0.382 bits per heavy atom. The second kappa shape index (κ2) is 12.1. The Kier molecular flexibility index (Phi) is 6.93. The van der Waals surface area contributed by atoms with Crippen molar-refractivity contribution in [1.29, 1.82) is 0 Å². The van der Waals surface area contributed by atoms with Gasteiger partial charge in [0.05, 0.1) is 0 Å². The molecule has 0 saturated heterocycles. The van der Waals surface area contributed by atoms with Gasteiger partial charge in [-0.3, -0.25) is 0 Å². The number of hydrogen-bond donors (Lipinski definition) is 0. The highest BCUT2D eigenvalue weighted by Gasteiger charge is 2.35. The van der Waals surface area contributed by atoms with Crippen molar-refractivity contribution in [3.05, 3.63) is 199 Å². The maximum Gasteiger partial charge on any atom is 0.143 e. The lowest BCUT2D eigenvalue weighted by atomic mass is 9.82. The normalized spacial score (nSPS) is 13.1. The first-order valence-electron chi connectivity index (χ1n) is 19.1. The van der Waals surface area contributed by atoms with Gasteiger partial charge in [-0.2, -0.15) is 0 Å². The van der Waals surface area contributed by atoms with Gasteiger partial charge in [0.2, 0.25) is 0 Å². The molecule has 0 fully saturated rings. The Bertz CT molecular complexity index is 3130. The molecule has 0 aliphatic heterocycles. The van der Waals surface area contributed by atoms with Crippen LogP contribution < -0.4 is 4.90 Å². The molecule has 1 heterocycles. The maximum absolute atomic E-state index is 6.44. The molecule has 0 bridgehead atoms. The van der Waals surface area contributed by atoms with Crippen LogP contribution in [-0.2, 0) is 5.41 Å². The molecule has 0 amide bonds. The minimum Gasteiger partial charge on any atom is -0.455 e. The summed E-state index contributed by atoms with van der Waals surface area (Å²) in [6.07, 6.45) is 0. The van der Waals surface area contributed by atoms with Crippen LogP contribution in [0.15, 0.2) is 192 Å². The summed E-state index contributed by atoms with van der Waals surface area (Å²) < 4.78 is 6.44. The van der Waals surface area contributed by atoms with E-state index in [1.807, 2.05) is 12.1 Å². The molecule has 11 rings (SSSR count). The molecule has 0 N–H and O–H groups in total. The Hall–Kier alpha value is -6.90. The smallest absolute Gasteiger partial charge is 0.143 e. The van der Waals surface area contributed by atoms with Crippen LogP contribution in [0.2, 0.25) is 0 Å². The van der Waals surface area contributed by atoms with Crippen LogP contribution in [0.4, 0.5) is 17.1 Å². The van der Waals surface area contributed by atoms with E-state index in [1.54, 1.807) is 0 Å². The highest BCUT2D eigenvalue weighted by Crippen LogP contribution is 2.51. The van der Waals surface area contributed by atoms with Gasteiger partial charge in [-0.1, -0.05) is 159 Å². The number of benzene rings is 9. The molecular formula is C53H37NO. The van der Waals surface area contributed by atoms with Gasteiger partial charge < -0.3 is 9.32 Å². The monoisotopic (exact) mass is 703 g/mol. The number of furan rings is 1. The SMILES string of the molecule is CC1(C)c2ccccc2-c2cc(N(c3ccc(-c4cccc5c4oc4ccccc45)cc3)c3cccc(-c4cccc5c4ccc4ccccc45)c3)ccc21. The molecule has 1 aromatic heterocycles. The lowest BCUT2D eigenvalue weighted by Gasteiger charge is -2.28. The third-order valence-corrected chi connectivity index (χ3v) is 11.9. The van der Waals surface area contributed by atoms with Crippen LogP contribution >= 0.6 is 0 Å². The van der Waals surface area contributed by atoms with Gasteiger partial charge in [-0.15, -0.1) is 0 Å². The zero-order valence-electron chi connectivity index (χ0n) is 30.8. The molecule has 55 heavy (non-hydrogen) atoms. The Morgan fingerprint density at radius 2 is 1.04 bits per heavy atom. The maximum atomic E-state index is 6.44. The summed E-state index contributed by atoms with van der Waals surface area (Å²) in [5.74, 6) is 0. The molecule has 0 radical (unpaired) electrons. The molecule has 2 heteroatoms. The van der Waals surface area contributed by atoms with Crippen molar-refractivity contribution in [3.63, 3.8) is 0 Å². The third-order valence-electron chi connectivity index (χ3n) is 11.9. The molecule has 1 aliphatic rings. The topological polar surface area (TPSA) is 16.4 Å². The quantitative estimate of drug-likeness (QED) is 0.166. The highest BCUT2D eigenvalue weighted by atomic mass is 16.3. The van der Waals surface area contributed by atoms with E-state index in [1.165, 1.54) is 54.9 Å². The van der Waals surface area contributed by atoms with Gasteiger partial charge in [0.15, 0.2) is 0 Å². The van der Waals surface area contributed by atoms with Crippen molar-refractivity contribution in [2.45, 2.75) is 19.3 Å². The van der Waals surface area contributed by atoms with Gasteiger partial charge in [0.1, 0.15) is 11.2 Å². The van der Waals surface area contributed by atoms with Crippen LogP contribution in [0, 0.1) is 0 Å². The molecule has 10 aromatic rings. The van der Waals surface area contributed by atoms with E-state index in [-0.39, 0.29) is 5.41 Å². The Labute approximate surface area is 320 Å². The van der Waals surface area contributed by atoms with E-state index in [2.05, 4.69) is 195 Å². The zero-order chi connectivity index (χ0) is 36.7. The summed E-state index contributed by atoms with van der Waals surface area (Å²) in [5, 5.41) is 7.34. The minimum absolute atomic E-state index is 0.0624. The van der Waals surface area contributed by atoms with Gasteiger partial charge in [0.25, 0.3) is 0 Å². The third kappa shape index (κ3) is 4.88. The number of para-hydroxylation sites is 2. The van der Waals surface area contributed by atoms with Crippen LogP contribution in [0.3, 0.4) is 0 Å². The van der Waals surface area contributed by atoms with Crippen molar-refractivity contribution in [3.8, 4) is 33.4 Å². The first-order chi connectivity index (χ1) is 27.0. The number of nitrogens with zero attached hydrogens (tertiary/aromatic N) is 1. The summed E-state index contributed by atoms with van der Waals surface area (Å²) in [5.41, 5.74) is 15.1. The van der Waals surface area contributed by atoms with E-state index < -0.39 is 0 Å². The zero-order valence-corrected chi connectivity index (χ0v) is 30.8. The van der Waals surface area contributed by atoms with Crippen LogP contribution in [0.1, 0.15) is 25.0 Å². The molecule has 0 spiro atoms. The number of fused-ring (bicyclic) bond motifs is 9. The van der Waals surface area contributed by atoms with E-state index in [4.69, 9.17) is 4.42 Å². The standard InChI is InChI=1S/C53H37NO/c1-53(2)49-22-7-5-16-45(49)48-33-39(29-31-50(48)53)54(37-27-24-35(25-28-37)42-19-11-21-47-46-17-6-8-23-51(46)55-52(42)47)38-14-9-13-36(32-38)41-18-10-20-43-40-15-4-3-12-34(40)26-30-44(41)43/h3-33H,1-2H3. The second-order valence-electron chi connectivity index (χ2n) is 15.3. The minimum atomic E-state index is -0.0624. The summed E-state index contributed by atoms with van der Waals surface area (Å²) in [7, 11) is 0. The van der Waals surface area contributed by atoms with Crippen LogP contribution in [0.5, 0.6) is 0 Å². The fourth-order valence-electron chi connectivity index (χ4n) is 9.16. The molecular weight excluding hydrogens is 667 g/mol. The highest BCUT2D eigenvalue weighted by molar-refractivity contribution is 6.12. The lowest BCUT2D eigenvalue weighted by molar-refractivity contribution is 0.660. The van der Waals surface area contributed by atoms with Crippen molar-refractivity contribution < 1.29 is 4.42 Å². The number of anilines is 3. The predicted molar refractivity (Wildman–Crippen MR) is 232 cm³/mol. The average molecular weight is 704 g/mol. The molecule has 2 nitrogen and oxygen atoms in total. The first kappa shape index (κ1) is 31.6. The fraction of sp³-hybridized carbons (Fsp3) is 0.0566. The largest absolute Gasteiger partial charge is 0.455 e. The van der Waals surface area contributed by atoms with E-state index in [0.29, 0.717) is 0 Å². The molecule has 0 unspecified atom stereocenters. The van der Waals surface area contributed by atoms with Gasteiger partial charge >= 0.3 is 0 Å². The van der Waals surface area contributed by atoms with Crippen LogP contribution in [0.25, 0.3) is 76.9 Å². The van der Waals surface area contributed by atoms with E-state index >= 15 is 0 Å². The lowest BCUT2D eigenvalue weighted by Crippen LogP contribution is -2.15. The molecule has 0 atom stereocenters. The first-order valence-corrected chi connectivity index (χ1v) is 19.1. The van der Waals surface area contributed by atoms with E-state index in [0.717, 1.165) is 50.1 Å². The molecule has 1 aliphatic carbocycles. The van der Waals surface area contributed by atoms with Crippen molar-refractivity contribution >= 4 is 60.5 Å². The molecule has 9 aromatic carbocycles. The fourth-order valence-corrected chi connectivity index (χ4v) is 9.16. The summed E-state index contributed by atoms with van der Waals surface area (Å²) >= 11 is 0. The van der Waals surface area contributed by atoms with Gasteiger partial charge in [-0.25, -0.2) is 0 Å². The predicted octanol–water partition coefficient (Wildman–Crippen LogP) is 15.0. The Balaban J connectivity index is 1.07. The molecule has 260 valence electrons. The summed E-state index contributed by atoms with van der Waals surface area (Å²) in [6, 6.07) is 68.5. The van der Waals surface area contributed by atoms with Crippen molar-refractivity contribution in [2.24, 2.45) is 0 Å². The number of rotatable bonds is 5. The van der Waals surface area contributed by atoms with Gasteiger partial charge in [-0.05, 0) is 103 Å².